The zero-order valence-electron chi connectivity index (χ0n) is 14.4. The Bertz CT molecular complexity index is 1010. The van der Waals surface area contributed by atoms with Gasteiger partial charge in [0.2, 0.25) is 0 Å². The zero-order chi connectivity index (χ0) is 17.8. The quantitative estimate of drug-likeness (QED) is 0.433. The van der Waals surface area contributed by atoms with Crippen LogP contribution in [0.25, 0.3) is 22.0 Å². The first-order valence-electron chi connectivity index (χ1n) is 8.75. The minimum atomic E-state index is 0.221. The summed E-state index contributed by atoms with van der Waals surface area (Å²) < 4.78 is 0. The second-order valence-corrected chi connectivity index (χ2v) is 7.16. The van der Waals surface area contributed by atoms with Crippen LogP contribution in [0.4, 0.5) is 5.00 Å². The van der Waals surface area contributed by atoms with E-state index in [-0.39, 0.29) is 5.75 Å². The molecule has 4 aromatic rings. The first-order valence-corrected chi connectivity index (χ1v) is 9.62. The van der Waals surface area contributed by atoms with E-state index in [4.69, 9.17) is 0 Å². The molecule has 4 heteroatoms. The van der Waals surface area contributed by atoms with Crippen LogP contribution in [0.3, 0.4) is 0 Å². The lowest BCUT2D eigenvalue weighted by molar-refractivity contribution is 0.480. The van der Waals surface area contributed by atoms with Crippen molar-refractivity contribution in [1.82, 2.24) is 4.98 Å². The van der Waals surface area contributed by atoms with E-state index >= 15 is 0 Å². The second kappa shape index (κ2) is 7.58. The maximum absolute atomic E-state index is 10.0. The highest BCUT2D eigenvalue weighted by molar-refractivity contribution is 7.14. The average molecular weight is 360 g/mol. The minimum absolute atomic E-state index is 0.221. The van der Waals surface area contributed by atoms with E-state index in [1.165, 1.54) is 5.56 Å². The number of nitrogens with one attached hydrogen (secondary N) is 1. The van der Waals surface area contributed by atoms with Gasteiger partial charge >= 0.3 is 0 Å². The fourth-order valence-electron chi connectivity index (χ4n) is 3.13. The minimum Gasteiger partial charge on any atom is -0.506 e. The largest absolute Gasteiger partial charge is 0.506 e. The Labute approximate surface area is 157 Å². The number of benzene rings is 2. The fraction of sp³-hybridized carbons (Fsp3) is 0.136. The molecule has 2 aromatic heterocycles. The van der Waals surface area contributed by atoms with E-state index in [2.05, 4.69) is 52.1 Å². The van der Waals surface area contributed by atoms with Gasteiger partial charge in [-0.1, -0.05) is 36.4 Å². The van der Waals surface area contributed by atoms with Gasteiger partial charge in [0.15, 0.2) is 0 Å². The molecule has 0 aliphatic rings. The molecule has 2 N–H and O–H groups in total. The third-order valence-electron chi connectivity index (χ3n) is 4.44. The first kappa shape index (κ1) is 16.6. The van der Waals surface area contributed by atoms with Gasteiger partial charge in [0.1, 0.15) is 11.3 Å². The molecule has 2 heterocycles. The van der Waals surface area contributed by atoms with Crippen LogP contribution in [-0.4, -0.2) is 16.6 Å². The number of phenolic OH excluding ortho intramolecular Hbond substituents is 1. The molecular formula is C22H20N2OS. The van der Waals surface area contributed by atoms with E-state index in [0.717, 1.165) is 40.9 Å². The number of hydrogen-bond acceptors (Lipinski definition) is 4. The van der Waals surface area contributed by atoms with Crippen molar-refractivity contribution in [1.29, 1.82) is 0 Å². The highest BCUT2D eigenvalue weighted by Gasteiger charge is 2.09. The Morgan fingerprint density at radius 1 is 1.00 bits per heavy atom. The fourth-order valence-corrected chi connectivity index (χ4v) is 3.96. The maximum atomic E-state index is 10.0. The molecule has 3 nitrogen and oxygen atoms in total. The van der Waals surface area contributed by atoms with Crippen LogP contribution in [0, 0.1) is 0 Å². The third kappa shape index (κ3) is 3.55. The predicted octanol–water partition coefficient (Wildman–Crippen LogP) is 5.71. The van der Waals surface area contributed by atoms with Gasteiger partial charge in [0, 0.05) is 23.5 Å². The standard InChI is InChI=1S/C22H20N2OS/c25-20-11-10-18(19-9-5-13-24-22(19)20)17-14-21(26-15-17)23-12-4-8-16-6-2-1-3-7-16/h1-3,5-7,9-11,13-15,23,25H,4,8,12H2. The Hall–Kier alpha value is -2.85. The highest BCUT2D eigenvalue weighted by atomic mass is 32.1. The molecule has 0 fully saturated rings. The molecule has 0 unspecified atom stereocenters. The SMILES string of the molecule is Oc1ccc(-c2csc(NCCCc3ccccc3)c2)c2cccnc12. The summed E-state index contributed by atoms with van der Waals surface area (Å²) in [4.78, 5) is 4.30. The van der Waals surface area contributed by atoms with Crippen LogP contribution in [0.15, 0.2) is 72.2 Å². The van der Waals surface area contributed by atoms with Crippen LogP contribution < -0.4 is 5.32 Å². The molecule has 0 aliphatic heterocycles. The van der Waals surface area contributed by atoms with Gasteiger partial charge in [0.05, 0.1) is 5.00 Å². The maximum Gasteiger partial charge on any atom is 0.141 e. The summed E-state index contributed by atoms with van der Waals surface area (Å²) >= 11 is 1.71. The average Bonchev–Trinajstić information content (AvgIpc) is 3.15. The molecule has 4 rings (SSSR count). The Morgan fingerprint density at radius 3 is 2.77 bits per heavy atom. The molecule has 0 saturated carbocycles. The molecule has 130 valence electrons. The van der Waals surface area contributed by atoms with E-state index in [0.29, 0.717) is 5.52 Å². The highest BCUT2D eigenvalue weighted by Crippen LogP contribution is 2.36. The van der Waals surface area contributed by atoms with E-state index in [1.54, 1.807) is 23.6 Å². The summed E-state index contributed by atoms with van der Waals surface area (Å²) in [5.74, 6) is 0.221. The number of phenols is 1. The lowest BCUT2D eigenvalue weighted by Gasteiger charge is -2.06. The normalized spacial score (nSPS) is 10.9. The van der Waals surface area contributed by atoms with Crippen molar-refractivity contribution in [2.24, 2.45) is 0 Å². The number of anilines is 1. The second-order valence-electron chi connectivity index (χ2n) is 6.25. The van der Waals surface area contributed by atoms with E-state index in [9.17, 15) is 5.11 Å². The molecule has 0 amide bonds. The number of hydrogen-bond donors (Lipinski definition) is 2. The topological polar surface area (TPSA) is 45.1 Å². The lowest BCUT2D eigenvalue weighted by Crippen LogP contribution is -2.01. The van der Waals surface area contributed by atoms with E-state index < -0.39 is 0 Å². The molecule has 0 aliphatic carbocycles. The summed E-state index contributed by atoms with van der Waals surface area (Å²) in [5.41, 5.74) is 4.27. The Balaban J connectivity index is 1.44. The van der Waals surface area contributed by atoms with E-state index in [1.807, 2.05) is 18.2 Å². The molecule has 0 atom stereocenters. The number of pyridine rings is 1. The molecule has 0 spiro atoms. The number of fused-ring (bicyclic) bond motifs is 1. The van der Waals surface area contributed by atoms with Crippen molar-refractivity contribution in [3.8, 4) is 16.9 Å². The number of aryl methyl sites for hydroxylation is 1. The molecule has 0 bridgehead atoms. The predicted molar refractivity (Wildman–Crippen MR) is 110 cm³/mol. The van der Waals surface area contributed by atoms with Gasteiger partial charge in [-0.2, -0.15) is 0 Å². The van der Waals surface area contributed by atoms with Gasteiger partial charge in [-0.3, -0.25) is 4.98 Å². The van der Waals surface area contributed by atoms with Crippen LogP contribution in [0.1, 0.15) is 12.0 Å². The third-order valence-corrected chi connectivity index (χ3v) is 5.33. The molecule has 26 heavy (non-hydrogen) atoms. The van der Waals surface area contributed by atoms with Crippen molar-refractivity contribution >= 4 is 27.2 Å². The van der Waals surface area contributed by atoms with Crippen molar-refractivity contribution in [3.05, 3.63) is 77.8 Å². The van der Waals surface area contributed by atoms with Crippen LogP contribution in [0.2, 0.25) is 0 Å². The summed E-state index contributed by atoms with van der Waals surface area (Å²) in [5, 5.41) is 17.8. The van der Waals surface area contributed by atoms with Crippen LogP contribution >= 0.6 is 11.3 Å². The van der Waals surface area contributed by atoms with Gasteiger partial charge in [-0.05, 0) is 53.8 Å². The lowest BCUT2D eigenvalue weighted by atomic mass is 10.0. The number of rotatable bonds is 6. The molecular weight excluding hydrogens is 340 g/mol. The van der Waals surface area contributed by atoms with Crippen LogP contribution in [0.5, 0.6) is 5.75 Å². The van der Waals surface area contributed by atoms with Gasteiger partial charge in [-0.25, -0.2) is 0 Å². The summed E-state index contributed by atoms with van der Waals surface area (Å²) in [6, 6.07) is 20.3. The van der Waals surface area contributed by atoms with Gasteiger partial charge < -0.3 is 10.4 Å². The first-order chi connectivity index (χ1) is 12.8. The van der Waals surface area contributed by atoms with Crippen molar-refractivity contribution < 1.29 is 5.11 Å². The number of aromatic nitrogens is 1. The summed E-state index contributed by atoms with van der Waals surface area (Å²) in [7, 11) is 0. The van der Waals surface area contributed by atoms with Crippen molar-refractivity contribution in [2.75, 3.05) is 11.9 Å². The number of aromatic hydroxyl groups is 1. The van der Waals surface area contributed by atoms with Gasteiger partial charge in [0.25, 0.3) is 0 Å². The van der Waals surface area contributed by atoms with Crippen molar-refractivity contribution in [3.63, 3.8) is 0 Å². The number of thiophene rings is 1. The van der Waals surface area contributed by atoms with Crippen molar-refractivity contribution in [2.45, 2.75) is 12.8 Å². The smallest absolute Gasteiger partial charge is 0.141 e. The Kier molecular flexibility index (Phi) is 4.84. The Morgan fingerprint density at radius 2 is 1.88 bits per heavy atom. The monoisotopic (exact) mass is 360 g/mol. The molecule has 0 radical (unpaired) electrons. The van der Waals surface area contributed by atoms with Crippen LogP contribution in [-0.2, 0) is 6.42 Å². The number of nitrogens with zero attached hydrogens (tertiary/aromatic N) is 1. The molecule has 0 saturated heterocycles. The summed E-state index contributed by atoms with van der Waals surface area (Å²) in [6.07, 6.45) is 3.89. The molecule has 2 aromatic carbocycles. The van der Waals surface area contributed by atoms with Gasteiger partial charge in [-0.15, -0.1) is 11.3 Å². The summed E-state index contributed by atoms with van der Waals surface area (Å²) in [6.45, 7) is 0.951. The zero-order valence-corrected chi connectivity index (χ0v) is 15.2.